The molecular formula is C13H18N2O3. The molecule has 1 aromatic carbocycles. The molecule has 1 N–H and O–H groups in total. The smallest absolute Gasteiger partial charge is 0.316 e. The van der Waals surface area contributed by atoms with Gasteiger partial charge in [-0.2, -0.15) is 0 Å². The van der Waals surface area contributed by atoms with Crippen molar-refractivity contribution in [1.82, 2.24) is 10.2 Å². The van der Waals surface area contributed by atoms with Crippen LogP contribution in [-0.2, 0) is 6.42 Å². The van der Waals surface area contributed by atoms with E-state index in [-0.39, 0.29) is 6.03 Å². The zero-order chi connectivity index (χ0) is 13.5. The van der Waals surface area contributed by atoms with Gasteiger partial charge in [0.05, 0.1) is 7.11 Å². The second kappa shape index (κ2) is 6.64. The summed E-state index contributed by atoms with van der Waals surface area (Å²) in [7, 11) is 4.92. The lowest BCUT2D eigenvalue weighted by atomic mass is 10.1. The molecule has 5 nitrogen and oxygen atoms in total. The Bertz CT molecular complexity index is 430. The highest BCUT2D eigenvalue weighted by atomic mass is 16.5. The number of urea groups is 1. The van der Waals surface area contributed by atoms with E-state index < -0.39 is 0 Å². The van der Waals surface area contributed by atoms with Crippen molar-refractivity contribution < 1.29 is 14.3 Å². The molecule has 0 aliphatic heterocycles. The van der Waals surface area contributed by atoms with E-state index in [1.165, 1.54) is 4.90 Å². The minimum absolute atomic E-state index is 0.142. The summed E-state index contributed by atoms with van der Waals surface area (Å²) >= 11 is 0. The van der Waals surface area contributed by atoms with Crippen molar-refractivity contribution >= 4 is 12.3 Å². The highest BCUT2D eigenvalue weighted by molar-refractivity contribution is 5.78. The molecule has 0 bridgehead atoms. The lowest BCUT2D eigenvalue weighted by Crippen LogP contribution is -2.35. The largest absolute Gasteiger partial charge is 0.497 e. The van der Waals surface area contributed by atoms with E-state index in [2.05, 4.69) is 5.32 Å². The van der Waals surface area contributed by atoms with Gasteiger partial charge in [-0.3, -0.25) is 4.79 Å². The zero-order valence-electron chi connectivity index (χ0n) is 10.9. The van der Waals surface area contributed by atoms with Crippen LogP contribution in [-0.4, -0.2) is 45.0 Å². The van der Waals surface area contributed by atoms with Crippen LogP contribution in [0.1, 0.15) is 15.9 Å². The summed E-state index contributed by atoms with van der Waals surface area (Å²) in [6.45, 7) is 0.490. The Kier molecular flexibility index (Phi) is 5.17. The van der Waals surface area contributed by atoms with Crippen molar-refractivity contribution in [1.29, 1.82) is 0 Å². The number of hydrogen-bond acceptors (Lipinski definition) is 3. The maximum Gasteiger partial charge on any atom is 0.316 e. The van der Waals surface area contributed by atoms with Gasteiger partial charge in [0, 0.05) is 26.2 Å². The van der Waals surface area contributed by atoms with Crippen molar-refractivity contribution in [3.05, 3.63) is 29.3 Å². The van der Waals surface area contributed by atoms with E-state index >= 15 is 0 Å². The van der Waals surface area contributed by atoms with E-state index in [1.54, 1.807) is 33.3 Å². The summed E-state index contributed by atoms with van der Waals surface area (Å²) < 4.78 is 5.05. The van der Waals surface area contributed by atoms with Crippen LogP contribution >= 0.6 is 0 Å². The lowest BCUT2D eigenvalue weighted by Gasteiger charge is -2.12. The predicted octanol–water partition coefficient (Wildman–Crippen LogP) is 1.32. The first kappa shape index (κ1) is 14.0. The molecule has 0 saturated carbocycles. The number of carbonyl (C=O) groups excluding carboxylic acids is 2. The van der Waals surface area contributed by atoms with Crippen LogP contribution in [0.2, 0.25) is 0 Å². The SMILES string of the molecule is COc1ccc(CCNC(=O)N(C)C)c(C=O)c1. The minimum atomic E-state index is -0.142. The molecule has 2 amide bonds. The molecule has 5 heteroatoms. The van der Waals surface area contributed by atoms with Crippen LogP contribution in [0.4, 0.5) is 4.79 Å². The number of amides is 2. The molecule has 0 spiro atoms. The minimum Gasteiger partial charge on any atom is -0.497 e. The third-order valence-electron chi connectivity index (χ3n) is 2.56. The molecule has 0 aliphatic rings. The van der Waals surface area contributed by atoms with Crippen molar-refractivity contribution in [2.24, 2.45) is 0 Å². The second-order valence-corrected chi connectivity index (χ2v) is 4.06. The van der Waals surface area contributed by atoms with Crippen molar-refractivity contribution in [2.75, 3.05) is 27.7 Å². The Morgan fingerprint density at radius 2 is 2.17 bits per heavy atom. The van der Waals surface area contributed by atoms with Gasteiger partial charge >= 0.3 is 6.03 Å². The average molecular weight is 250 g/mol. The molecule has 0 unspecified atom stereocenters. The number of aldehydes is 1. The molecular weight excluding hydrogens is 232 g/mol. The summed E-state index contributed by atoms with van der Waals surface area (Å²) in [4.78, 5) is 23.7. The third-order valence-corrected chi connectivity index (χ3v) is 2.56. The summed E-state index contributed by atoms with van der Waals surface area (Å²) in [6.07, 6.45) is 1.41. The molecule has 18 heavy (non-hydrogen) atoms. The van der Waals surface area contributed by atoms with E-state index in [9.17, 15) is 9.59 Å². The zero-order valence-corrected chi connectivity index (χ0v) is 10.9. The van der Waals surface area contributed by atoms with Gasteiger partial charge in [0.1, 0.15) is 12.0 Å². The highest BCUT2D eigenvalue weighted by Crippen LogP contribution is 2.16. The van der Waals surface area contributed by atoms with Gasteiger partial charge in [-0.15, -0.1) is 0 Å². The highest BCUT2D eigenvalue weighted by Gasteiger charge is 2.06. The van der Waals surface area contributed by atoms with E-state index in [0.29, 0.717) is 24.3 Å². The molecule has 1 rings (SSSR count). The average Bonchev–Trinajstić information content (AvgIpc) is 2.38. The molecule has 0 radical (unpaired) electrons. The Hall–Kier alpha value is -2.04. The molecule has 0 heterocycles. The predicted molar refractivity (Wildman–Crippen MR) is 69.2 cm³/mol. The van der Waals surface area contributed by atoms with Crippen LogP contribution in [0.15, 0.2) is 18.2 Å². The Labute approximate surface area is 107 Å². The molecule has 0 atom stereocenters. The summed E-state index contributed by atoms with van der Waals surface area (Å²) in [5, 5.41) is 2.75. The van der Waals surface area contributed by atoms with Crippen molar-refractivity contribution in [3.63, 3.8) is 0 Å². The van der Waals surface area contributed by atoms with Crippen LogP contribution in [0.25, 0.3) is 0 Å². The van der Waals surface area contributed by atoms with Gasteiger partial charge < -0.3 is 15.0 Å². The Balaban J connectivity index is 2.62. The fourth-order valence-electron chi connectivity index (χ4n) is 1.50. The first-order valence-electron chi connectivity index (χ1n) is 5.65. The van der Waals surface area contributed by atoms with Crippen molar-refractivity contribution in [3.8, 4) is 5.75 Å². The quantitative estimate of drug-likeness (QED) is 0.802. The number of nitrogens with one attached hydrogen (secondary N) is 1. The fraction of sp³-hybridized carbons (Fsp3) is 0.385. The monoisotopic (exact) mass is 250 g/mol. The molecule has 98 valence electrons. The van der Waals surface area contributed by atoms with Crippen LogP contribution in [0.3, 0.4) is 0 Å². The first-order chi connectivity index (χ1) is 8.58. The second-order valence-electron chi connectivity index (χ2n) is 4.06. The summed E-state index contributed by atoms with van der Waals surface area (Å²) in [5.74, 6) is 0.651. The van der Waals surface area contributed by atoms with Gasteiger partial charge in [-0.25, -0.2) is 4.79 Å². The third kappa shape index (κ3) is 3.76. The topological polar surface area (TPSA) is 58.6 Å². The van der Waals surface area contributed by atoms with Gasteiger partial charge in [0.2, 0.25) is 0 Å². The number of carbonyl (C=O) groups is 2. The van der Waals surface area contributed by atoms with Gasteiger partial charge in [-0.1, -0.05) is 6.07 Å². The molecule has 0 saturated heterocycles. The van der Waals surface area contributed by atoms with E-state index in [0.717, 1.165) is 11.8 Å². The Morgan fingerprint density at radius 3 is 2.72 bits per heavy atom. The number of rotatable bonds is 5. The number of nitrogens with zero attached hydrogens (tertiary/aromatic N) is 1. The molecule has 0 aromatic heterocycles. The van der Waals surface area contributed by atoms with Gasteiger partial charge in [0.15, 0.2) is 0 Å². The molecule has 1 aromatic rings. The van der Waals surface area contributed by atoms with E-state index in [1.807, 2.05) is 6.07 Å². The number of ether oxygens (including phenoxy) is 1. The van der Waals surface area contributed by atoms with Crippen LogP contribution < -0.4 is 10.1 Å². The summed E-state index contributed by atoms with van der Waals surface area (Å²) in [5.41, 5.74) is 1.48. The summed E-state index contributed by atoms with van der Waals surface area (Å²) in [6, 6.07) is 5.19. The van der Waals surface area contributed by atoms with Crippen LogP contribution in [0, 0.1) is 0 Å². The van der Waals surface area contributed by atoms with Gasteiger partial charge in [-0.05, 0) is 24.1 Å². The lowest BCUT2D eigenvalue weighted by molar-refractivity contribution is 0.112. The maximum absolute atomic E-state index is 11.3. The number of hydrogen-bond donors (Lipinski definition) is 1. The first-order valence-corrected chi connectivity index (χ1v) is 5.65. The Morgan fingerprint density at radius 1 is 1.44 bits per heavy atom. The normalized spacial score (nSPS) is 9.72. The van der Waals surface area contributed by atoms with Crippen molar-refractivity contribution in [2.45, 2.75) is 6.42 Å². The molecule has 0 fully saturated rings. The standard InChI is InChI=1S/C13H18N2O3/c1-15(2)13(17)14-7-6-10-4-5-12(18-3)8-11(10)9-16/h4-5,8-9H,6-7H2,1-3H3,(H,14,17). The van der Waals surface area contributed by atoms with Gasteiger partial charge in [0.25, 0.3) is 0 Å². The van der Waals surface area contributed by atoms with E-state index in [4.69, 9.17) is 4.74 Å². The maximum atomic E-state index is 11.3. The number of benzene rings is 1. The van der Waals surface area contributed by atoms with Crippen LogP contribution in [0.5, 0.6) is 5.75 Å². The number of methoxy groups -OCH3 is 1. The fourth-order valence-corrected chi connectivity index (χ4v) is 1.50. The molecule has 0 aliphatic carbocycles.